The molecule has 2 heteroatoms. The van der Waals surface area contributed by atoms with Crippen LogP contribution in [0.4, 0.5) is 0 Å². The van der Waals surface area contributed by atoms with Crippen LogP contribution in [0.3, 0.4) is 0 Å². The second-order valence-electron chi connectivity index (χ2n) is 7.48. The van der Waals surface area contributed by atoms with Gasteiger partial charge in [-0.3, -0.25) is 4.90 Å². The number of nitrogens with two attached hydrogens (primary N) is 1. The van der Waals surface area contributed by atoms with Gasteiger partial charge in [-0.15, -0.1) is 0 Å². The van der Waals surface area contributed by atoms with Gasteiger partial charge in [-0.2, -0.15) is 0 Å². The van der Waals surface area contributed by atoms with E-state index < -0.39 is 0 Å². The lowest BCUT2D eigenvalue weighted by atomic mass is 9.83. The maximum absolute atomic E-state index is 5.98. The third-order valence-corrected chi connectivity index (χ3v) is 3.96. The molecule has 96 valence electrons. The number of nitrogens with zero attached hydrogens (tertiary/aromatic N) is 1. The van der Waals surface area contributed by atoms with E-state index in [9.17, 15) is 0 Å². The van der Waals surface area contributed by atoms with E-state index in [4.69, 9.17) is 5.73 Å². The van der Waals surface area contributed by atoms with Crippen molar-refractivity contribution in [2.45, 2.75) is 72.5 Å². The van der Waals surface area contributed by atoms with E-state index in [2.05, 4.69) is 53.4 Å². The van der Waals surface area contributed by atoms with E-state index in [0.717, 1.165) is 6.54 Å². The Morgan fingerprint density at radius 1 is 1.12 bits per heavy atom. The molecule has 0 radical (unpaired) electrons. The van der Waals surface area contributed by atoms with Gasteiger partial charge in [0, 0.05) is 24.2 Å². The summed E-state index contributed by atoms with van der Waals surface area (Å²) in [5.74, 6) is 0.716. The zero-order chi connectivity index (χ0) is 12.7. The van der Waals surface area contributed by atoms with Crippen LogP contribution in [0.25, 0.3) is 0 Å². The van der Waals surface area contributed by atoms with Gasteiger partial charge in [0.15, 0.2) is 0 Å². The predicted octanol–water partition coefficient (Wildman–Crippen LogP) is 2.87. The molecule has 0 aliphatic carbocycles. The van der Waals surface area contributed by atoms with E-state index in [-0.39, 0.29) is 5.54 Å². The van der Waals surface area contributed by atoms with Gasteiger partial charge in [0.05, 0.1) is 0 Å². The van der Waals surface area contributed by atoms with Crippen molar-refractivity contribution in [3.05, 3.63) is 0 Å². The van der Waals surface area contributed by atoms with Gasteiger partial charge in [0.2, 0.25) is 0 Å². The second kappa shape index (κ2) is 4.30. The molecule has 1 saturated heterocycles. The fourth-order valence-corrected chi connectivity index (χ4v) is 3.21. The first-order valence-electron chi connectivity index (χ1n) is 6.57. The Kier molecular flexibility index (Phi) is 3.76. The van der Waals surface area contributed by atoms with Gasteiger partial charge in [-0.05, 0) is 38.5 Å². The van der Waals surface area contributed by atoms with Gasteiger partial charge in [0.25, 0.3) is 0 Å². The number of likely N-dealkylation sites (tertiary alicyclic amines) is 1. The van der Waals surface area contributed by atoms with Gasteiger partial charge in [-0.25, -0.2) is 0 Å². The number of rotatable bonds is 1. The highest BCUT2D eigenvalue weighted by Crippen LogP contribution is 2.42. The first kappa shape index (κ1) is 14.0. The largest absolute Gasteiger partial charge is 0.329 e. The monoisotopic (exact) mass is 226 g/mol. The van der Waals surface area contributed by atoms with Gasteiger partial charge >= 0.3 is 0 Å². The normalized spacial score (nSPS) is 33.4. The zero-order valence-electron chi connectivity index (χ0n) is 12.2. The van der Waals surface area contributed by atoms with Crippen LogP contribution in [0.2, 0.25) is 0 Å². The topological polar surface area (TPSA) is 29.3 Å². The smallest absolute Gasteiger partial charge is 0.0252 e. The van der Waals surface area contributed by atoms with Crippen LogP contribution in [0, 0.1) is 11.3 Å². The minimum atomic E-state index is 0.215. The maximum atomic E-state index is 5.98. The Hall–Kier alpha value is -0.0800. The summed E-state index contributed by atoms with van der Waals surface area (Å²) in [6.45, 7) is 17.1. The first-order chi connectivity index (χ1) is 7.09. The average molecular weight is 226 g/mol. The molecule has 1 aliphatic rings. The Labute approximate surface area is 102 Å². The highest BCUT2D eigenvalue weighted by atomic mass is 15.3. The predicted molar refractivity (Wildman–Crippen MR) is 71.5 cm³/mol. The SMILES string of the molecule is C[C@H]1CC(C(C)(C)C)N(C(C)(C)C)[C@H]1CN. The fraction of sp³-hybridized carbons (Fsp3) is 1.00. The Morgan fingerprint density at radius 3 is 1.94 bits per heavy atom. The van der Waals surface area contributed by atoms with Crippen molar-refractivity contribution in [2.24, 2.45) is 17.1 Å². The molecule has 2 nitrogen and oxygen atoms in total. The highest BCUT2D eigenvalue weighted by molar-refractivity contribution is 5.02. The van der Waals surface area contributed by atoms with Crippen LogP contribution in [0.5, 0.6) is 0 Å². The third-order valence-electron chi connectivity index (χ3n) is 3.96. The second-order valence-corrected chi connectivity index (χ2v) is 7.48. The molecule has 16 heavy (non-hydrogen) atoms. The first-order valence-corrected chi connectivity index (χ1v) is 6.57. The lowest BCUT2D eigenvalue weighted by Gasteiger charge is -2.46. The van der Waals surface area contributed by atoms with E-state index in [0.29, 0.717) is 23.4 Å². The molecule has 0 amide bonds. The summed E-state index contributed by atoms with van der Waals surface area (Å²) in [5.41, 5.74) is 6.53. The molecule has 1 heterocycles. The lowest BCUT2D eigenvalue weighted by Crippen LogP contribution is -2.55. The number of hydrogen-bond donors (Lipinski definition) is 1. The van der Waals surface area contributed by atoms with Crippen LogP contribution in [0.1, 0.15) is 54.9 Å². The Bertz CT molecular complexity index is 234. The minimum absolute atomic E-state index is 0.215. The summed E-state index contributed by atoms with van der Waals surface area (Å²) in [5, 5.41) is 0. The minimum Gasteiger partial charge on any atom is -0.329 e. The molecular weight excluding hydrogens is 196 g/mol. The molecule has 3 atom stereocenters. The quantitative estimate of drug-likeness (QED) is 0.745. The van der Waals surface area contributed by atoms with Crippen molar-refractivity contribution in [2.75, 3.05) is 6.54 Å². The summed E-state index contributed by atoms with van der Waals surface area (Å²) in [6, 6.07) is 1.19. The Morgan fingerprint density at radius 2 is 1.62 bits per heavy atom. The van der Waals surface area contributed by atoms with E-state index in [1.807, 2.05) is 0 Å². The summed E-state index contributed by atoms with van der Waals surface area (Å²) in [4.78, 5) is 2.66. The van der Waals surface area contributed by atoms with Gasteiger partial charge in [0.1, 0.15) is 0 Å². The van der Waals surface area contributed by atoms with Crippen LogP contribution in [-0.2, 0) is 0 Å². The van der Waals surface area contributed by atoms with E-state index in [1.54, 1.807) is 0 Å². The van der Waals surface area contributed by atoms with Gasteiger partial charge in [-0.1, -0.05) is 27.7 Å². The van der Waals surface area contributed by atoms with Crippen molar-refractivity contribution < 1.29 is 0 Å². The molecule has 0 bridgehead atoms. The molecule has 1 unspecified atom stereocenters. The average Bonchev–Trinajstić information content (AvgIpc) is 2.40. The van der Waals surface area contributed by atoms with Gasteiger partial charge < -0.3 is 5.73 Å². The fourth-order valence-electron chi connectivity index (χ4n) is 3.21. The molecule has 1 aliphatic heterocycles. The molecule has 0 aromatic heterocycles. The lowest BCUT2D eigenvalue weighted by molar-refractivity contribution is 0.0251. The van der Waals surface area contributed by atoms with E-state index in [1.165, 1.54) is 6.42 Å². The molecule has 0 aromatic carbocycles. The van der Waals surface area contributed by atoms with Crippen LogP contribution >= 0.6 is 0 Å². The summed E-state index contributed by atoms with van der Waals surface area (Å²) >= 11 is 0. The van der Waals surface area contributed by atoms with Crippen LogP contribution in [-0.4, -0.2) is 29.1 Å². The molecular formula is C14H30N2. The maximum Gasteiger partial charge on any atom is 0.0252 e. The van der Waals surface area contributed by atoms with Crippen LogP contribution in [0.15, 0.2) is 0 Å². The molecule has 0 saturated carbocycles. The summed E-state index contributed by atoms with van der Waals surface area (Å²) in [7, 11) is 0. The van der Waals surface area contributed by atoms with Crippen molar-refractivity contribution in [3.63, 3.8) is 0 Å². The molecule has 2 N–H and O–H groups in total. The molecule has 0 spiro atoms. The molecule has 1 rings (SSSR count). The summed E-state index contributed by atoms with van der Waals surface area (Å²) < 4.78 is 0. The highest BCUT2D eigenvalue weighted by Gasteiger charge is 2.47. The van der Waals surface area contributed by atoms with Crippen molar-refractivity contribution in [3.8, 4) is 0 Å². The van der Waals surface area contributed by atoms with Crippen molar-refractivity contribution in [1.29, 1.82) is 0 Å². The molecule has 1 fully saturated rings. The number of hydrogen-bond acceptors (Lipinski definition) is 2. The standard InChI is InChI=1S/C14H30N2/c1-10-8-12(13(2,3)4)16(11(10)9-15)14(5,6)7/h10-12H,8-9,15H2,1-7H3/t10-,11-,12?/m0/s1. The van der Waals surface area contributed by atoms with Crippen molar-refractivity contribution >= 4 is 0 Å². The zero-order valence-corrected chi connectivity index (χ0v) is 12.2. The summed E-state index contributed by atoms with van der Waals surface area (Å²) in [6.07, 6.45) is 1.28. The van der Waals surface area contributed by atoms with E-state index >= 15 is 0 Å². The molecule has 0 aromatic rings. The third kappa shape index (κ3) is 2.60. The Balaban J connectivity index is 3.03. The van der Waals surface area contributed by atoms with Crippen LogP contribution < -0.4 is 5.73 Å². The van der Waals surface area contributed by atoms with Crippen molar-refractivity contribution in [1.82, 2.24) is 4.90 Å².